The normalized spacial score (nSPS) is 11.4. The molecule has 0 radical (unpaired) electrons. The third kappa shape index (κ3) is 5.52. The number of ether oxygens (including phenoxy) is 2. The number of rotatable bonds is 6. The Bertz CT molecular complexity index is 537. The maximum absolute atomic E-state index is 13.8. The average Bonchev–Trinajstić information content (AvgIpc) is 2.49. The van der Waals surface area contributed by atoms with Gasteiger partial charge in [0, 0.05) is 26.3 Å². The van der Waals surface area contributed by atoms with Gasteiger partial charge in [0.1, 0.15) is 5.82 Å². The van der Waals surface area contributed by atoms with Crippen LogP contribution in [0.3, 0.4) is 0 Å². The molecule has 0 fully saturated rings. The second kappa shape index (κ2) is 9.08. The zero-order chi connectivity index (χ0) is 15.7. The number of carbonyl (C=O) groups excluding carboxylic acids is 1. The van der Waals surface area contributed by atoms with E-state index in [4.69, 9.17) is 15.2 Å². The Morgan fingerprint density at radius 2 is 2.24 bits per heavy atom. The summed E-state index contributed by atoms with van der Waals surface area (Å²) in [6.07, 6.45) is -0.251. The lowest BCUT2D eigenvalue weighted by molar-refractivity contribution is 0.0285. The first-order valence-electron chi connectivity index (χ1n) is 6.40. The number of halogens is 1. The van der Waals surface area contributed by atoms with Crippen LogP contribution in [0.2, 0.25) is 0 Å². The number of hydrogen-bond acceptors (Lipinski definition) is 4. The molecular formula is C15H19FN2O3. The highest BCUT2D eigenvalue weighted by atomic mass is 19.1. The molecule has 1 unspecified atom stereocenters. The molecule has 1 amide bonds. The number of amides is 1. The zero-order valence-electron chi connectivity index (χ0n) is 12.1. The molecule has 1 rings (SSSR count). The summed E-state index contributed by atoms with van der Waals surface area (Å²) >= 11 is 0. The lowest BCUT2D eigenvalue weighted by Gasteiger charge is -2.15. The number of methoxy groups -OCH3 is 2. The third-order valence-corrected chi connectivity index (χ3v) is 2.73. The molecule has 5 nitrogen and oxygen atoms in total. The highest BCUT2D eigenvalue weighted by molar-refractivity contribution is 5.94. The molecule has 6 heteroatoms. The standard InChI is InChI=1S/C15H19FN2O3/c1-20-10-13(21-2)9-18-15(19)12-6-5-11(4-3-7-17)14(16)8-12/h5-6,8,13H,7,9-10,17H2,1-2H3,(H,18,19). The minimum atomic E-state index is -0.552. The van der Waals surface area contributed by atoms with Gasteiger partial charge >= 0.3 is 0 Å². The quantitative estimate of drug-likeness (QED) is 0.751. The van der Waals surface area contributed by atoms with E-state index in [-0.39, 0.29) is 36.2 Å². The summed E-state index contributed by atoms with van der Waals surface area (Å²) in [4.78, 5) is 11.9. The Kier molecular flexibility index (Phi) is 7.40. The van der Waals surface area contributed by atoms with Crippen molar-refractivity contribution in [3.8, 4) is 11.8 Å². The summed E-state index contributed by atoms with van der Waals surface area (Å²) in [5, 5.41) is 2.66. The molecule has 21 heavy (non-hydrogen) atoms. The van der Waals surface area contributed by atoms with Crippen LogP contribution in [-0.2, 0) is 9.47 Å². The van der Waals surface area contributed by atoms with Gasteiger partial charge in [-0.15, -0.1) is 0 Å². The van der Waals surface area contributed by atoms with Gasteiger partial charge in [-0.25, -0.2) is 4.39 Å². The molecule has 0 bridgehead atoms. The molecule has 0 heterocycles. The van der Waals surface area contributed by atoms with Crippen molar-refractivity contribution in [1.82, 2.24) is 5.32 Å². The van der Waals surface area contributed by atoms with E-state index >= 15 is 0 Å². The van der Waals surface area contributed by atoms with E-state index in [0.717, 1.165) is 6.07 Å². The fraction of sp³-hybridized carbons (Fsp3) is 0.400. The lowest BCUT2D eigenvalue weighted by atomic mass is 10.1. The van der Waals surface area contributed by atoms with Gasteiger partial charge < -0.3 is 20.5 Å². The summed E-state index contributed by atoms with van der Waals surface area (Å²) < 4.78 is 23.8. The molecule has 0 aromatic heterocycles. The predicted molar refractivity (Wildman–Crippen MR) is 77.3 cm³/mol. The van der Waals surface area contributed by atoms with Crippen molar-refractivity contribution in [2.24, 2.45) is 5.73 Å². The summed E-state index contributed by atoms with van der Waals surface area (Å²) in [5.74, 6) is 4.22. The first kappa shape index (κ1) is 17.1. The Hall–Kier alpha value is -1.94. The van der Waals surface area contributed by atoms with E-state index in [1.165, 1.54) is 19.2 Å². The maximum atomic E-state index is 13.8. The van der Waals surface area contributed by atoms with Crippen molar-refractivity contribution in [3.63, 3.8) is 0 Å². The minimum absolute atomic E-state index is 0.152. The van der Waals surface area contributed by atoms with Gasteiger partial charge in [0.05, 0.1) is 24.8 Å². The molecule has 1 atom stereocenters. The Labute approximate surface area is 123 Å². The van der Waals surface area contributed by atoms with E-state index < -0.39 is 5.82 Å². The highest BCUT2D eigenvalue weighted by Crippen LogP contribution is 2.09. The summed E-state index contributed by atoms with van der Waals surface area (Å²) in [6.45, 7) is 0.790. The third-order valence-electron chi connectivity index (χ3n) is 2.73. The first-order chi connectivity index (χ1) is 10.1. The van der Waals surface area contributed by atoms with Crippen LogP contribution >= 0.6 is 0 Å². The molecule has 1 aromatic rings. The average molecular weight is 294 g/mol. The Morgan fingerprint density at radius 3 is 2.81 bits per heavy atom. The SMILES string of the molecule is COCC(CNC(=O)c1ccc(C#CCN)c(F)c1)OC. The zero-order valence-corrected chi connectivity index (χ0v) is 12.1. The van der Waals surface area contributed by atoms with Gasteiger partial charge in [-0.2, -0.15) is 0 Å². The molecular weight excluding hydrogens is 275 g/mol. The largest absolute Gasteiger partial charge is 0.382 e. The molecule has 0 aliphatic carbocycles. The van der Waals surface area contributed by atoms with Crippen molar-refractivity contribution in [3.05, 3.63) is 35.1 Å². The second-order valence-electron chi connectivity index (χ2n) is 4.22. The topological polar surface area (TPSA) is 73.6 Å². The number of benzene rings is 1. The van der Waals surface area contributed by atoms with E-state index in [1.807, 2.05) is 0 Å². The van der Waals surface area contributed by atoms with E-state index in [9.17, 15) is 9.18 Å². The number of nitrogens with two attached hydrogens (primary N) is 1. The van der Waals surface area contributed by atoms with Crippen LogP contribution in [0.1, 0.15) is 15.9 Å². The van der Waals surface area contributed by atoms with Gasteiger partial charge in [-0.1, -0.05) is 11.8 Å². The van der Waals surface area contributed by atoms with Crippen LogP contribution in [0.15, 0.2) is 18.2 Å². The van der Waals surface area contributed by atoms with Crippen molar-refractivity contribution in [2.45, 2.75) is 6.10 Å². The van der Waals surface area contributed by atoms with Crippen LogP contribution in [0.4, 0.5) is 4.39 Å². The summed E-state index contributed by atoms with van der Waals surface area (Å²) in [7, 11) is 3.07. The molecule has 3 N–H and O–H groups in total. The molecule has 114 valence electrons. The molecule has 0 aliphatic rings. The number of carbonyl (C=O) groups is 1. The molecule has 1 aromatic carbocycles. The van der Waals surface area contributed by atoms with Crippen molar-refractivity contribution < 1.29 is 18.7 Å². The van der Waals surface area contributed by atoms with Crippen molar-refractivity contribution in [2.75, 3.05) is 33.9 Å². The Morgan fingerprint density at radius 1 is 1.48 bits per heavy atom. The van der Waals surface area contributed by atoms with Crippen molar-refractivity contribution >= 4 is 5.91 Å². The first-order valence-corrected chi connectivity index (χ1v) is 6.40. The molecule has 0 spiro atoms. The van der Waals surface area contributed by atoms with E-state index in [2.05, 4.69) is 17.2 Å². The van der Waals surface area contributed by atoms with Crippen LogP contribution in [0, 0.1) is 17.7 Å². The fourth-order valence-electron chi connectivity index (χ4n) is 1.61. The van der Waals surface area contributed by atoms with Crippen LogP contribution < -0.4 is 11.1 Å². The monoisotopic (exact) mass is 294 g/mol. The minimum Gasteiger partial charge on any atom is -0.382 e. The number of hydrogen-bond donors (Lipinski definition) is 2. The summed E-state index contributed by atoms with van der Waals surface area (Å²) in [6, 6.07) is 4.11. The molecule has 0 aliphatic heterocycles. The lowest BCUT2D eigenvalue weighted by Crippen LogP contribution is -2.35. The fourth-order valence-corrected chi connectivity index (χ4v) is 1.61. The van der Waals surface area contributed by atoms with Crippen LogP contribution in [-0.4, -0.2) is 45.9 Å². The Balaban J connectivity index is 2.68. The van der Waals surface area contributed by atoms with Crippen LogP contribution in [0.5, 0.6) is 0 Å². The molecule has 0 saturated heterocycles. The smallest absolute Gasteiger partial charge is 0.251 e. The highest BCUT2D eigenvalue weighted by Gasteiger charge is 2.12. The second-order valence-corrected chi connectivity index (χ2v) is 4.22. The summed E-state index contributed by atoms with van der Waals surface area (Å²) in [5.41, 5.74) is 5.66. The molecule has 0 saturated carbocycles. The van der Waals surface area contributed by atoms with Gasteiger partial charge in [-0.05, 0) is 18.2 Å². The van der Waals surface area contributed by atoms with Gasteiger partial charge in [0.25, 0.3) is 5.91 Å². The van der Waals surface area contributed by atoms with Gasteiger partial charge in [0.15, 0.2) is 0 Å². The van der Waals surface area contributed by atoms with E-state index in [0.29, 0.717) is 6.61 Å². The predicted octanol–water partition coefficient (Wildman–Crippen LogP) is 0.527. The van der Waals surface area contributed by atoms with Gasteiger partial charge in [-0.3, -0.25) is 4.79 Å². The van der Waals surface area contributed by atoms with Gasteiger partial charge in [0.2, 0.25) is 0 Å². The number of nitrogens with one attached hydrogen (secondary N) is 1. The maximum Gasteiger partial charge on any atom is 0.251 e. The van der Waals surface area contributed by atoms with Crippen LogP contribution in [0.25, 0.3) is 0 Å². The van der Waals surface area contributed by atoms with Crippen molar-refractivity contribution in [1.29, 1.82) is 0 Å². The van der Waals surface area contributed by atoms with E-state index in [1.54, 1.807) is 7.11 Å².